The quantitative estimate of drug-likeness (QED) is 0.393. The van der Waals surface area contributed by atoms with Crippen LogP contribution in [-0.4, -0.2) is 10.9 Å². The highest BCUT2D eigenvalue weighted by Crippen LogP contribution is 2.44. The molecule has 1 aromatic carbocycles. The zero-order chi connectivity index (χ0) is 19.8. The molecule has 4 nitrogen and oxygen atoms in total. The number of hydrogen-bond donors (Lipinski definition) is 2. The second-order valence-electron chi connectivity index (χ2n) is 7.30. The number of nitrogens with two attached hydrogens (primary N) is 1. The third kappa shape index (κ3) is 3.32. The Kier molecular flexibility index (Phi) is 4.81. The number of nitrogens with one attached hydrogen (secondary N) is 1. The SMILES string of the molecule is Nc1c(C(=O)Nc2ccccc2)sc2nc3c(c(-c4cccs4)c12)CCCCC3. The van der Waals surface area contributed by atoms with Gasteiger partial charge in [-0.25, -0.2) is 4.98 Å². The van der Waals surface area contributed by atoms with Crippen molar-refractivity contribution in [1.82, 2.24) is 4.98 Å². The number of amides is 1. The standard InChI is InChI=1S/C23H21N3OS2/c24-20-19-18(17-12-7-13-28-17)15-10-5-2-6-11-16(15)26-23(19)29-21(20)22(27)25-14-8-3-1-4-9-14/h1,3-4,7-9,12-13H,2,5-6,10-11,24H2,(H,25,27). The van der Waals surface area contributed by atoms with E-state index in [0.717, 1.165) is 35.2 Å². The molecule has 0 fully saturated rings. The minimum Gasteiger partial charge on any atom is -0.397 e. The van der Waals surface area contributed by atoms with Gasteiger partial charge in [0.2, 0.25) is 0 Å². The number of aromatic nitrogens is 1. The molecular formula is C23H21N3OS2. The van der Waals surface area contributed by atoms with Gasteiger partial charge in [0.1, 0.15) is 9.71 Å². The van der Waals surface area contributed by atoms with Crippen LogP contribution in [0.3, 0.4) is 0 Å². The third-order valence-electron chi connectivity index (χ3n) is 5.41. The number of rotatable bonds is 3. The van der Waals surface area contributed by atoms with Crippen LogP contribution in [0.2, 0.25) is 0 Å². The van der Waals surface area contributed by atoms with Crippen molar-refractivity contribution in [2.45, 2.75) is 32.1 Å². The second kappa shape index (κ2) is 7.61. The van der Waals surface area contributed by atoms with Crippen molar-refractivity contribution in [2.24, 2.45) is 0 Å². The van der Waals surface area contributed by atoms with E-state index >= 15 is 0 Å². The lowest BCUT2D eigenvalue weighted by molar-refractivity contribution is 0.103. The van der Waals surface area contributed by atoms with Crippen molar-refractivity contribution in [1.29, 1.82) is 0 Å². The molecule has 3 aromatic heterocycles. The van der Waals surface area contributed by atoms with Gasteiger partial charge in [-0.05, 0) is 54.8 Å². The maximum Gasteiger partial charge on any atom is 0.267 e. The topological polar surface area (TPSA) is 68.0 Å². The summed E-state index contributed by atoms with van der Waals surface area (Å²) in [6, 6.07) is 13.7. The van der Waals surface area contributed by atoms with Crippen molar-refractivity contribution in [3.8, 4) is 10.4 Å². The number of benzene rings is 1. The molecule has 1 amide bonds. The van der Waals surface area contributed by atoms with E-state index in [1.54, 1.807) is 11.3 Å². The van der Waals surface area contributed by atoms with Gasteiger partial charge in [-0.15, -0.1) is 22.7 Å². The molecule has 4 aromatic rings. The Labute approximate surface area is 177 Å². The second-order valence-corrected chi connectivity index (χ2v) is 9.24. The Morgan fingerprint density at radius 1 is 1.03 bits per heavy atom. The first-order valence-corrected chi connectivity index (χ1v) is 11.6. The Bertz CT molecular complexity index is 1180. The van der Waals surface area contributed by atoms with E-state index < -0.39 is 0 Å². The molecule has 5 rings (SSSR count). The number of aryl methyl sites for hydroxylation is 1. The van der Waals surface area contributed by atoms with Crippen LogP contribution in [0.1, 0.15) is 40.2 Å². The fraction of sp³-hybridized carbons (Fsp3) is 0.217. The van der Waals surface area contributed by atoms with Crippen molar-refractivity contribution < 1.29 is 4.79 Å². The lowest BCUT2D eigenvalue weighted by Gasteiger charge is -2.13. The number of nitrogen functional groups attached to an aromatic ring is 1. The van der Waals surface area contributed by atoms with Crippen LogP contribution >= 0.6 is 22.7 Å². The number of fused-ring (bicyclic) bond motifs is 2. The molecule has 6 heteroatoms. The number of nitrogens with zero attached hydrogens (tertiary/aromatic N) is 1. The maximum absolute atomic E-state index is 13.0. The van der Waals surface area contributed by atoms with Crippen molar-refractivity contribution in [3.63, 3.8) is 0 Å². The summed E-state index contributed by atoms with van der Waals surface area (Å²) in [7, 11) is 0. The smallest absolute Gasteiger partial charge is 0.267 e. The lowest BCUT2D eigenvalue weighted by Crippen LogP contribution is -2.11. The van der Waals surface area contributed by atoms with Gasteiger partial charge >= 0.3 is 0 Å². The fourth-order valence-corrected chi connectivity index (χ4v) is 5.88. The van der Waals surface area contributed by atoms with Crippen LogP contribution < -0.4 is 11.1 Å². The molecule has 1 aliphatic carbocycles. The van der Waals surface area contributed by atoms with Gasteiger partial charge in [-0.1, -0.05) is 30.7 Å². The molecule has 0 saturated heterocycles. The van der Waals surface area contributed by atoms with E-state index in [-0.39, 0.29) is 5.91 Å². The average Bonchev–Trinajstić information content (AvgIpc) is 3.30. The summed E-state index contributed by atoms with van der Waals surface area (Å²) in [5, 5.41) is 5.99. The van der Waals surface area contributed by atoms with E-state index in [2.05, 4.69) is 22.8 Å². The molecule has 3 heterocycles. The van der Waals surface area contributed by atoms with Crippen LogP contribution in [0.25, 0.3) is 20.7 Å². The summed E-state index contributed by atoms with van der Waals surface area (Å²) in [6.45, 7) is 0. The van der Waals surface area contributed by atoms with Gasteiger partial charge in [-0.3, -0.25) is 4.79 Å². The van der Waals surface area contributed by atoms with Gasteiger partial charge < -0.3 is 11.1 Å². The number of para-hydroxylation sites is 1. The van der Waals surface area contributed by atoms with Crippen LogP contribution in [0.4, 0.5) is 11.4 Å². The number of hydrogen-bond acceptors (Lipinski definition) is 5. The molecule has 0 aliphatic heterocycles. The minimum atomic E-state index is -0.177. The molecule has 1 aliphatic rings. The average molecular weight is 420 g/mol. The zero-order valence-electron chi connectivity index (χ0n) is 15.9. The summed E-state index contributed by atoms with van der Waals surface area (Å²) in [5.41, 5.74) is 11.6. The van der Waals surface area contributed by atoms with Crippen LogP contribution in [0.5, 0.6) is 0 Å². The monoisotopic (exact) mass is 419 g/mol. The molecule has 3 N–H and O–H groups in total. The summed E-state index contributed by atoms with van der Waals surface area (Å²) >= 11 is 3.12. The molecule has 0 atom stereocenters. The Hall–Kier alpha value is -2.70. The molecular weight excluding hydrogens is 398 g/mol. The highest BCUT2D eigenvalue weighted by molar-refractivity contribution is 7.21. The van der Waals surface area contributed by atoms with Crippen molar-refractivity contribution in [3.05, 3.63) is 64.0 Å². The van der Waals surface area contributed by atoms with E-state index in [1.165, 1.54) is 45.9 Å². The zero-order valence-corrected chi connectivity index (χ0v) is 17.5. The number of pyridine rings is 1. The minimum absolute atomic E-state index is 0.177. The Morgan fingerprint density at radius 2 is 1.86 bits per heavy atom. The Morgan fingerprint density at radius 3 is 2.66 bits per heavy atom. The highest BCUT2D eigenvalue weighted by atomic mass is 32.1. The molecule has 0 bridgehead atoms. The van der Waals surface area contributed by atoms with Gasteiger partial charge in [0.05, 0.1) is 5.69 Å². The molecule has 29 heavy (non-hydrogen) atoms. The van der Waals surface area contributed by atoms with Crippen molar-refractivity contribution in [2.75, 3.05) is 11.1 Å². The summed E-state index contributed by atoms with van der Waals surface area (Å²) < 4.78 is 0. The van der Waals surface area contributed by atoms with E-state index in [9.17, 15) is 4.79 Å². The molecule has 0 spiro atoms. The van der Waals surface area contributed by atoms with Crippen LogP contribution in [-0.2, 0) is 12.8 Å². The summed E-state index contributed by atoms with van der Waals surface area (Å²) in [5.74, 6) is -0.177. The molecule has 0 saturated carbocycles. The number of carbonyl (C=O) groups is 1. The van der Waals surface area contributed by atoms with Gasteiger partial charge in [0.15, 0.2) is 0 Å². The molecule has 0 radical (unpaired) electrons. The van der Waals surface area contributed by atoms with Gasteiger partial charge in [0.25, 0.3) is 5.91 Å². The van der Waals surface area contributed by atoms with Crippen LogP contribution in [0.15, 0.2) is 47.8 Å². The van der Waals surface area contributed by atoms with E-state index in [1.807, 2.05) is 30.3 Å². The number of anilines is 2. The first-order valence-electron chi connectivity index (χ1n) is 9.86. The van der Waals surface area contributed by atoms with E-state index in [4.69, 9.17) is 10.7 Å². The summed E-state index contributed by atoms with van der Waals surface area (Å²) in [4.78, 5) is 20.6. The lowest BCUT2D eigenvalue weighted by atomic mass is 9.97. The maximum atomic E-state index is 13.0. The largest absolute Gasteiger partial charge is 0.397 e. The first kappa shape index (κ1) is 18.3. The summed E-state index contributed by atoms with van der Waals surface area (Å²) in [6.07, 6.45) is 5.58. The normalized spacial score (nSPS) is 13.8. The molecule has 146 valence electrons. The van der Waals surface area contributed by atoms with Crippen LogP contribution in [0, 0.1) is 0 Å². The molecule has 0 unspecified atom stereocenters. The predicted molar refractivity (Wildman–Crippen MR) is 123 cm³/mol. The number of carbonyl (C=O) groups excluding carboxylic acids is 1. The Balaban J connectivity index is 1.68. The van der Waals surface area contributed by atoms with Gasteiger partial charge in [0, 0.05) is 27.2 Å². The fourth-order valence-electron chi connectivity index (χ4n) is 4.05. The highest BCUT2D eigenvalue weighted by Gasteiger charge is 2.25. The third-order valence-corrected chi connectivity index (χ3v) is 7.39. The first-order chi connectivity index (χ1) is 14.2. The predicted octanol–water partition coefficient (Wildman–Crippen LogP) is 6.13. The van der Waals surface area contributed by atoms with E-state index in [0.29, 0.717) is 10.6 Å². The number of thiophene rings is 2. The van der Waals surface area contributed by atoms with Crippen molar-refractivity contribution >= 4 is 50.2 Å². The van der Waals surface area contributed by atoms with Gasteiger partial charge in [-0.2, -0.15) is 0 Å².